The van der Waals surface area contributed by atoms with Crippen LogP contribution in [0.5, 0.6) is 0 Å². The van der Waals surface area contributed by atoms with Crippen molar-refractivity contribution in [2.24, 2.45) is 0 Å². The minimum Gasteiger partial charge on any atom is -0.358 e. The Morgan fingerprint density at radius 2 is 1.90 bits per heavy atom. The second-order valence-corrected chi connectivity index (χ2v) is 5.77. The Hall–Kier alpha value is -1.39. The lowest BCUT2D eigenvalue weighted by molar-refractivity contribution is 0.925. The quantitative estimate of drug-likeness (QED) is 0.795. The molecule has 0 radical (unpaired) electrons. The van der Waals surface area contributed by atoms with E-state index in [9.17, 15) is 0 Å². The number of hydrogen-bond acceptors (Lipinski definition) is 1. The van der Waals surface area contributed by atoms with Crippen molar-refractivity contribution in [2.45, 2.75) is 19.9 Å². The molecule has 0 saturated carbocycles. The number of thiocarbonyl (C=S) groups is 1. The van der Waals surface area contributed by atoms with Gasteiger partial charge in [0.25, 0.3) is 0 Å². The highest BCUT2D eigenvalue weighted by Crippen LogP contribution is 2.21. The van der Waals surface area contributed by atoms with Crippen molar-refractivity contribution in [1.82, 2.24) is 5.32 Å². The minimum absolute atomic E-state index is 0.644. The van der Waals surface area contributed by atoms with E-state index in [4.69, 9.17) is 12.2 Å². The Morgan fingerprint density at radius 1 is 1.15 bits per heavy atom. The normalized spacial score (nSPS) is 10.1. The summed E-state index contributed by atoms with van der Waals surface area (Å²) in [6, 6.07) is 16.4. The van der Waals surface area contributed by atoms with Crippen LogP contribution >= 0.6 is 28.1 Å². The zero-order valence-electron chi connectivity index (χ0n) is 11.3. The van der Waals surface area contributed by atoms with Crippen LogP contribution in [0.4, 0.5) is 5.69 Å². The van der Waals surface area contributed by atoms with Crippen molar-refractivity contribution < 1.29 is 0 Å². The maximum atomic E-state index is 5.34. The van der Waals surface area contributed by atoms with Gasteiger partial charge in [-0.3, -0.25) is 0 Å². The average Bonchev–Trinajstić information content (AvgIpc) is 2.48. The molecular formula is C16H17BrN2S. The summed E-state index contributed by atoms with van der Waals surface area (Å²) in [5, 5.41) is 7.12. The molecule has 0 amide bonds. The van der Waals surface area contributed by atoms with Crippen molar-refractivity contribution in [1.29, 1.82) is 0 Å². The molecule has 2 rings (SSSR count). The molecule has 2 N–H and O–H groups in total. The van der Waals surface area contributed by atoms with Gasteiger partial charge < -0.3 is 10.6 Å². The monoisotopic (exact) mass is 348 g/mol. The van der Waals surface area contributed by atoms with Crippen LogP contribution in [0.15, 0.2) is 53.0 Å². The molecule has 4 heteroatoms. The van der Waals surface area contributed by atoms with Crippen LogP contribution in [0.1, 0.15) is 18.1 Å². The largest absolute Gasteiger partial charge is 0.358 e. The number of rotatable bonds is 4. The van der Waals surface area contributed by atoms with E-state index in [2.05, 4.69) is 51.7 Å². The number of halogens is 1. The van der Waals surface area contributed by atoms with Gasteiger partial charge in [-0.15, -0.1) is 0 Å². The Balaban J connectivity index is 1.95. The van der Waals surface area contributed by atoms with Crippen LogP contribution in [-0.2, 0) is 13.0 Å². The van der Waals surface area contributed by atoms with E-state index in [0.29, 0.717) is 5.11 Å². The van der Waals surface area contributed by atoms with Crippen LogP contribution in [0, 0.1) is 0 Å². The van der Waals surface area contributed by atoms with Gasteiger partial charge in [-0.1, -0.05) is 53.2 Å². The molecule has 0 unspecified atom stereocenters. The van der Waals surface area contributed by atoms with E-state index in [0.717, 1.165) is 23.1 Å². The third-order valence-electron chi connectivity index (χ3n) is 2.99. The molecule has 0 bridgehead atoms. The van der Waals surface area contributed by atoms with E-state index >= 15 is 0 Å². The summed E-state index contributed by atoms with van der Waals surface area (Å²) >= 11 is 8.83. The van der Waals surface area contributed by atoms with E-state index in [-0.39, 0.29) is 0 Å². The smallest absolute Gasteiger partial charge is 0.171 e. The first-order valence-corrected chi connectivity index (χ1v) is 7.76. The molecule has 0 aliphatic carbocycles. The summed E-state index contributed by atoms with van der Waals surface area (Å²) in [6.07, 6.45) is 0.961. The lowest BCUT2D eigenvalue weighted by Gasteiger charge is -2.14. The van der Waals surface area contributed by atoms with Gasteiger partial charge in [-0.25, -0.2) is 0 Å². The third kappa shape index (κ3) is 4.32. The van der Waals surface area contributed by atoms with Crippen molar-refractivity contribution in [2.75, 3.05) is 5.32 Å². The van der Waals surface area contributed by atoms with E-state index < -0.39 is 0 Å². The Kier molecular flexibility index (Phi) is 5.56. The predicted octanol–water partition coefficient (Wildman–Crippen LogP) is 4.50. The molecule has 0 atom stereocenters. The molecule has 0 aliphatic heterocycles. The van der Waals surface area contributed by atoms with Gasteiger partial charge in [-0.2, -0.15) is 0 Å². The topological polar surface area (TPSA) is 24.1 Å². The SMILES string of the molecule is CCc1cc(Br)ccc1NC(=S)NCc1ccccc1. The number of aryl methyl sites for hydroxylation is 1. The first-order chi connectivity index (χ1) is 9.69. The molecule has 0 aliphatic rings. The highest BCUT2D eigenvalue weighted by molar-refractivity contribution is 9.10. The molecule has 0 fully saturated rings. The predicted molar refractivity (Wildman–Crippen MR) is 93.0 cm³/mol. The van der Waals surface area contributed by atoms with Gasteiger partial charge in [0, 0.05) is 16.7 Å². The molecule has 104 valence electrons. The minimum atomic E-state index is 0.644. The molecule has 0 spiro atoms. The third-order valence-corrected chi connectivity index (χ3v) is 3.73. The van der Waals surface area contributed by atoms with Gasteiger partial charge in [0.15, 0.2) is 5.11 Å². The van der Waals surface area contributed by atoms with Gasteiger partial charge in [0.05, 0.1) is 0 Å². The zero-order chi connectivity index (χ0) is 14.4. The maximum absolute atomic E-state index is 5.34. The average molecular weight is 349 g/mol. The first kappa shape index (κ1) is 15.0. The Morgan fingerprint density at radius 3 is 2.60 bits per heavy atom. The van der Waals surface area contributed by atoms with E-state index in [1.54, 1.807) is 0 Å². The molecule has 20 heavy (non-hydrogen) atoms. The van der Waals surface area contributed by atoms with Crippen molar-refractivity contribution in [3.63, 3.8) is 0 Å². The van der Waals surface area contributed by atoms with E-state index in [1.165, 1.54) is 11.1 Å². The standard InChI is InChI=1S/C16H17BrN2S/c1-2-13-10-14(17)8-9-15(13)19-16(20)18-11-12-6-4-3-5-7-12/h3-10H,2,11H2,1H3,(H2,18,19,20). The lowest BCUT2D eigenvalue weighted by Crippen LogP contribution is -2.28. The molecular weight excluding hydrogens is 332 g/mol. The molecule has 0 saturated heterocycles. The van der Waals surface area contributed by atoms with Gasteiger partial charge in [0.2, 0.25) is 0 Å². The molecule has 0 heterocycles. The highest BCUT2D eigenvalue weighted by atomic mass is 79.9. The summed E-state index contributed by atoms with van der Waals surface area (Å²) in [7, 11) is 0. The molecule has 0 aromatic heterocycles. The van der Waals surface area contributed by atoms with Gasteiger partial charge in [-0.05, 0) is 48.0 Å². The van der Waals surface area contributed by atoms with Crippen molar-refractivity contribution >= 4 is 38.9 Å². The van der Waals surface area contributed by atoms with Crippen molar-refractivity contribution in [3.8, 4) is 0 Å². The Bertz CT molecular complexity index is 584. The van der Waals surface area contributed by atoms with Crippen LogP contribution in [0.2, 0.25) is 0 Å². The number of nitrogens with one attached hydrogen (secondary N) is 2. The van der Waals surface area contributed by atoms with Crippen LogP contribution < -0.4 is 10.6 Å². The summed E-state index contributed by atoms with van der Waals surface area (Å²) in [5.41, 5.74) is 3.51. The maximum Gasteiger partial charge on any atom is 0.171 e. The second-order valence-electron chi connectivity index (χ2n) is 4.45. The summed E-state index contributed by atoms with van der Waals surface area (Å²) in [4.78, 5) is 0. The highest BCUT2D eigenvalue weighted by Gasteiger charge is 2.03. The van der Waals surface area contributed by atoms with Crippen molar-refractivity contribution in [3.05, 3.63) is 64.1 Å². The molecule has 2 aromatic rings. The number of benzene rings is 2. The first-order valence-electron chi connectivity index (χ1n) is 6.56. The second kappa shape index (κ2) is 7.41. The fraction of sp³-hybridized carbons (Fsp3) is 0.188. The summed E-state index contributed by atoms with van der Waals surface area (Å²) in [6.45, 7) is 2.86. The zero-order valence-corrected chi connectivity index (χ0v) is 13.7. The van der Waals surface area contributed by atoms with Crippen LogP contribution in [-0.4, -0.2) is 5.11 Å². The van der Waals surface area contributed by atoms with Crippen LogP contribution in [0.3, 0.4) is 0 Å². The summed E-state index contributed by atoms with van der Waals surface area (Å²) in [5.74, 6) is 0. The van der Waals surface area contributed by atoms with Crippen LogP contribution in [0.25, 0.3) is 0 Å². The Labute approximate surface area is 133 Å². The lowest BCUT2D eigenvalue weighted by atomic mass is 10.1. The van der Waals surface area contributed by atoms with Gasteiger partial charge in [0.1, 0.15) is 0 Å². The van der Waals surface area contributed by atoms with Gasteiger partial charge >= 0.3 is 0 Å². The summed E-state index contributed by atoms with van der Waals surface area (Å²) < 4.78 is 1.09. The fourth-order valence-electron chi connectivity index (χ4n) is 1.92. The molecule has 2 aromatic carbocycles. The number of anilines is 1. The molecule has 2 nitrogen and oxygen atoms in total. The number of hydrogen-bond donors (Lipinski definition) is 2. The van der Waals surface area contributed by atoms with E-state index in [1.807, 2.05) is 30.3 Å². The fourth-order valence-corrected chi connectivity index (χ4v) is 2.51.